The predicted molar refractivity (Wildman–Crippen MR) is 139 cm³/mol. The van der Waals surface area contributed by atoms with Crippen molar-refractivity contribution < 1.29 is 29.0 Å². The number of esters is 1. The summed E-state index contributed by atoms with van der Waals surface area (Å²) in [6.45, 7) is 6.81. The second-order valence-corrected chi connectivity index (χ2v) is 10.5. The number of rotatable bonds is 7. The number of fused-ring (bicyclic) bond motifs is 3. The van der Waals surface area contributed by atoms with Crippen molar-refractivity contribution in [1.82, 2.24) is 5.32 Å². The summed E-state index contributed by atoms with van der Waals surface area (Å²) >= 11 is 0. The van der Waals surface area contributed by atoms with Crippen LogP contribution in [0.25, 0.3) is 11.1 Å². The molecule has 0 aromatic heterocycles. The second kappa shape index (κ2) is 10.1. The molecule has 7 heteroatoms. The van der Waals surface area contributed by atoms with Crippen LogP contribution >= 0.6 is 0 Å². The Bertz CT molecular complexity index is 1340. The summed E-state index contributed by atoms with van der Waals surface area (Å²) in [5.41, 5.74) is 4.30. The number of benzene rings is 3. The first-order valence-electron chi connectivity index (χ1n) is 12.1. The number of carbonyl (C=O) groups is 3. The molecule has 1 aliphatic carbocycles. The normalized spacial score (nSPS) is 13.6. The summed E-state index contributed by atoms with van der Waals surface area (Å²) in [5, 5.41) is 12.4. The molecule has 1 aliphatic rings. The minimum atomic E-state index is -1.61. The zero-order valence-corrected chi connectivity index (χ0v) is 21.5. The molecule has 0 heterocycles. The molecule has 1 atom stereocenters. The molecule has 0 saturated heterocycles. The number of carboxylic acid groups (broad SMARTS) is 1. The molecule has 7 nitrogen and oxygen atoms in total. The maximum absolute atomic E-state index is 12.7. The fourth-order valence-electron chi connectivity index (χ4n) is 4.44. The number of nitrogens with one attached hydrogen (secondary N) is 1. The molecule has 0 saturated carbocycles. The summed E-state index contributed by atoms with van der Waals surface area (Å²) in [5.74, 6) is -1.66. The van der Waals surface area contributed by atoms with E-state index in [4.69, 9.17) is 9.47 Å². The van der Waals surface area contributed by atoms with Crippen LogP contribution in [-0.4, -0.2) is 34.3 Å². The Hall–Kier alpha value is -4.13. The molecular weight excluding hydrogens is 470 g/mol. The van der Waals surface area contributed by atoms with Crippen LogP contribution in [-0.2, 0) is 33.7 Å². The average Bonchev–Trinajstić information content (AvgIpc) is 3.21. The van der Waals surface area contributed by atoms with E-state index >= 15 is 0 Å². The van der Waals surface area contributed by atoms with Crippen LogP contribution < -0.4 is 5.32 Å². The van der Waals surface area contributed by atoms with E-state index < -0.39 is 29.2 Å². The van der Waals surface area contributed by atoms with Crippen molar-refractivity contribution in [3.63, 3.8) is 0 Å². The van der Waals surface area contributed by atoms with Gasteiger partial charge in [0.05, 0.1) is 5.56 Å². The maximum atomic E-state index is 12.7. The fraction of sp³-hybridized carbons (Fsp3) is 0.300. The van der Waals surface area contributed by atoms with E-state index in [1.807, 2.05) is 24.3 Å². The molecule has 0 unspecified atom stereocenters. The molecule has 1 amide bonds. The van der Waals surface area contributed by atoms with Gasteiger partial charge >= 0.3 is 18.0 Å². The molecule has 0 spiro atoms. The first-order chi connectivity index (χ1) is 17.4. The SMILES string of the molecule is CC(C)(C)OC(=O)c1ccc(C[C@](C)(NC(=O)OCc2cccc3c2Cc2ccccc2-3)C(=O)O)cc1. The van der Waals surface area contributed by atoms with Gasteiger partial charge in [0.2, 0.25) is 0 Å². The molecule has 2 N–H and O–H groups in total. The van der Waals surface area contributed by atoms with Crippen LogP contribution in [0.1, 0.15) is 60.3 Å². The van der Waals surface area contributed by atoms with Crippen molar-refractivity contribution >= 4 is 18.0 Å². The van der Waals surface area contributed by atoms with Gasteiger partial charge in [-0.15, -0.1) is 0 Å². The van der Waals surface area contributed by atoms with Gasteiger partial charge in [-0.25, -0.2) is 14.4 Å². The van der Waals surface area contributed by atoms with E-state index in [0.717, 1.165) is 23.1 Å². The number of carbonyl (C=O) groups excluding carboxylic acids is 2. The van der Waals surface area contributed by atoms with Crippen LogP contribution in [0.3, 0.4) is 0 Å². The van der Waals surface area contributed by atoms with Gasteiger partial charge in [0, 0.05) is 6.42 Å². The molecule has 3 aromatic rings. The van der Waals surface area contributed by atoms with Crippen molar-refractivity contribution in [2.45, 2.75) is 58.3 Å². The summed E-state index contributed by atoms with van der Waals surface area (Å²) in [4.78, 5) is 37.0. The lowest BCUT2D eigenvalue weighted by Gasteiger charge is -2.26. The highest BCUT2D eigenvalue weighted by Gasteiger charge is 2.36. The van der Waals surface area contributed by atoms with Gasteiger partial charge in [0.15, 0.2) is 0 Å². The van der Waals surface area contributed by atoms with Crippen molar-refractivity contribution in [3.05, 3.63) is 94.5 Å². The Balaban J connectivity index is 1.40. The van der Waals surface area contributed by atoms with Crippen molar-refractivity contribution in [2.24, 2.45) is 0 Å². The summed E-state index contributed by atoms with van der Waals surface area (Å²) in [6, 6.07) is 20.5. The number of carboxylic acids is 1. The van der Waals surface area contributed by atoms with Gasteiger partial charge in [0.25, 0.3) is 0 Å². The lowest BCUT2D eigenvalue weighted by molar-refractivity contribution is -0.143. The van der Waals surface area contributed by atoms with E-state index in [-0.39, 0.29) is 13.0 Å². The third-order valence-electron chi connectivity index (χ3n) is 6.30. The fourth-order valence-corrected chi connectivity index (χ4v) is 4.44. The van der Waals surface area contributed by atoms with Gasteiger partial charge < -0.3 is 19.9 Å². The lowest BCUT2D eigenvalue weighted by Crippen LogP contribution is -2.53. The maximum Gasteiger partial charge on any atom is 0.408 e. The third-order valence-corrected chi connectivity index (χ3v) is 6.30. The Morgan fingerprint density at radius 2 is 1.57 bits per heavy atom. The highest BCUT2D eigenvalue weighted by molar-refractivity contribution is 5.90. The molecule has 37 heavy (non-hydrogen) atoms. The largest absolute Gasteiger partial charge is 0.480 e. The predicted octanol–water partition coefficient (Wildman–Crippen LogP) is 5.53. The van der Waals surface area contributed by atoms with Gasteiger partial charge in [0.1, 0.15) is 17.7 Å². The van der Waals surface area contributed by atoms with Crippen LogP contribution in [0, 0.1) is 0 Å². The van der Waals surface area contributed by atoms with Gasteiger partial charge in [-0.2, -0.15) is 0 Å². The molecular formula is C30H31NO6. The van der Waals surface area contributed by atoms with Crippen LogP contribution in [0.4, 0.5) is 4.79 Å². The van der Waals surface area contributed by atoms with Crippen LogP contribution in [0.15, 0.2) is 66.7 Å². The van der Waals surface area contributed by atoms with Crippen molar-refractivity contribution in [1.29, 1.82) is 0 Å². The first-order valence-corrected chi connectivity index (χ1v) is 12.1. The molecule has 0 radical (unpaired) electrons. The Kier molecular flexibility index (Phi) is 7.07. The van der Waals surface area contributed by atoms with E-state index in [9.17, 15) is 19.5 Å². The minimum absolute atomic E-state index is 0.00206. The lowest BCUT2D eigenvalue weighted by atomic mass is 9.92. The number of aliphatic carboxylic acids is 1. The quantitative estimate of drug-likeness (QED) is 0.323. The number of ether oxygens (including phenoxy) is 2. The number of hydrogen-bond acceptors (Lipinski definition) is 5. The molecule has 0 bridgehead atoms. The van der Waals surface area contributed by atoms with Crippen molar-refractivity contribution in [2.75, 3.05) is 0 Å². The summed E-state index contributed by atoms with van der Waals surface area (Å²) in [6.07, 6.45) is -0.0516. The molecule has 4 rings (SSSR count). The second-order valence-electron chi connectivity index (χ2n) is 10.5. The summed E-state index contributed by atoms with van der Waals surface area (Å²) < 4.78 is 10.8. The zero-order chi connectivity index (χ0) is 26.8. The van der Waals surface area contributed by atoms with E-state index in [1.54, 1.807) is 45.0 Å². The van der Waals surface area contributed by atoms with Gasteiger partial charge in [-0.05, 0) is 79.6 Å². The van der Waals surface area contributed by atoms with Gasteiger partial charge in [-0.1, -0.05) is 54.6 Å². The van der Waals surface area contributed by atoms with Crippen molar-refractivity contribution in [3.8, 4) is 11.1 Å². The highest BCUT2D eigenvalue weighted by atomic mass is 16.6. The molecule has 0 aliphatic heterocycles. The molecule has 0 fully saturated rings. The van der Waals surface area contributed by atoms with Crippen LogP contribution in [0.5, 0.6) is 0 Å². The zero-order valence-electron chi connectivity index (χ0n) is 21.5. The highest BCUT2D eigenvalue weighted by Crippen LogP contribution is 2.38. The van der Waals surface area contributed by atoms with E-state index in [1.165, 1.54) is 18.1 Å². The third kappa shape index (κ3) is 6.00. The first kappa shape index (κ1) is 25.9. The van der Waals surface area contributed by atoms with Crippen LogP contribution in [0.2, 0.25) is 0 Å². The van der Waals surface area contributed by atoms with E-state index in [0.29, 0.717) is 11.1 Å². The smallest absolute Gasteiger partial charge is 0.408 e. The minimum Gasteiger partial charge on any atom is -0.480 e. The van der Waals surface area contributed by atoms with Gasteiger partial charge in [-0.3, -0.25) is 0 Å². The topological polar surface area (TPSA) is 102 Å². The standard InChI is InChI=1S/C30H31NO6/c1-29(2,3)37-26(32)20-14-12-19(13-15-20)17-30(4,27(33)34)31-28(35)36-18-22-9-7-11-24-23-10-6-5-8-21(23)16-25(22)24/h5-15H,16-18H2,1-4H3,(H,31,35)(H,33,34)/t30-/m0/s1. The number of amides is 1. The Labute approximate surface area is 216 Å². The monoisotopic (exact) mass is 501 g/mol. The Morgan fingerprint density at radius 3 is 2.24 bits per heavy atom. The average molecular weight is 502 g/mol. The molecule has 3 aromatic carbocycles. The summed E-state index contributed by atoms with van der Waals surface area (Å²) in [7, 11) is 0. The number of hydrogen-bond donors (Lipinski definition) is 2. The van der Waals surface area contributed by atoms with E-state index in [2.05, 4.69) is 23.5 Å². The Morgan fingerprint density at radius 1 is 0.892 bits per heavy atom. The number of alkyl carbamates (subject to hydrolysis) is 1. The molecule has 192 valence electrons.